The van der Waals surface area contributed by atoms with E-state index in [0.29, 0.717) is 42.4 Å². The van der Waals surface area contributed by atoms with Crippen LogP contribution in [0.25, 0.3) is 0 Å². The Morgan fingerprint density at radius 3 is 2.69 bits per heavy atom. The fraction of sp³-hybridized carbons (Fsp3) is 0.333. The summed E-state index contributed by atoms with van der Waals surface area (Å²) in [5.41, 5.74) is 6.08. The normalized spacial score (nSPS) is 16.0. The zero-order valence-electron chi connectivity index (χ0n) is 14.2. The van der Waals surface area contributed by atoms with Crippen LogP contribution in [0.4, 0.5) is 5.69 Å². The van der Waals surface area contributed by atoms with Gasteiger partial charge in [-0.2, -0.15) is 0 Å². The maximum atomic E-state index is 12.6. The van der Waals surface area contributed by atoms with Crippen molar-refractivity contribution in [1.29, 1.82) is 0 Å². The molecule has 6 nitrogen and oxygen atoms in total. The van der Waals surface area contributed by atoms with Crippen molar-refractivity contribution >= 4 is 41.2 Å². The van der Waals surface area contributed by atoms with E-state index >= 15 is 0 Å². The first kappa shape index (κ1) is 20.2. The van der Waals surface area contributed by atoms with E-state index in [-0.39, 0.29) is 24.2 Å². The van der Waals surface area contributed by atoms with E-state index in [4.69, 9.17) is 10.5 Å². The SMILES string of the molecule is Cl.NCCOc1ccc(NC(=O)C2CCCN2C(=O)c2cccs2)cc1. The number of carbonyl (C=O) groups is 2. The molecule has 0 bridgehead atoms. The predicted octanol–water partition coefficient (Wildman–Crippen LogP) is 2.75. The average molecular weight is 396 g/mol. The van der Waals surface area contributed by atoms with Crippen LogP contribution in [0.2, 0.25) is 0 Å². The Labute approximate surface area is 162 Å². The first-order valence-electron chi connectivity index (χ1n) is 8.27. The van der Waals surface area contributed by atoms with E-state index in [1.165, 1.54) is 11.3 Å². The van der Waals surface area contributed by atoms with E-state index < -0.39 is 6.04 Å². The highest BCUT2D eigenvalue weighted by Crippen LogP contribution is 2.24. The average Bonchev–Trinajstić information content (AvgIpc) is 3.32. The minimum absolute atomic E-state index is 0. The highest BCUT2D eigenvalue weighted by atomic mass is 35.5. The molecule has 2 aromatic rings. The van der Waals surface area contributed by atoms with E-state index in [0.717, 1.165) is 6.42 Å². The number of ether oxygens (including phenoxy) is 1. The monoisotopic (exact) mass is 395 g/mol. The lowest BCUT2D eigenvalue weighted by atomic mass is 10.2. The Balaban J connectivity index is 0.00000243. The Morgan fingerprint density at radius 1 is 1.27 bits per heavy atom. The molecule has 3 N–H and O–H groups in total. The molecule has 2 heterocycles. The molecule has 0 radical (unpaired) electrons. The molecule has 1 saturated heterocycles. The number of nitrogens with one attached hydrogen (secondary N) is 1. The van der Waals surface area contributed by atoms with E-state index in [2.05, 4.69) is 5.32 Å². The molecule has 1 fully saturated rings. The number of thiophene rings is 1. The standard InChI is InChI=1S/C18H21N3O3S.ClH/c19-9-11-24-14-7-5-13(6-8-14)20-17(22)15-3-1-10-21(15)18(23)16-4-2-12-25-16;/h2,4-8,12,15H,1,3,9-11,19H2,(H,20,22);1H. The summed E-state index contributed by atoms with van der Waals surface area (Å²) in [5, 5.41) is 4.76. The molecule has 1 aromatic carbocycles. The zero-order chi connectivity index (χ0) is 17.6. The number of anilines is 1. The topological polar surface area (TPSA) is 84.7 Å². The summed E-state index contributed by atoms with van der Waals surface area (Å²) in [7, 11) is 0. The molecule has 140 valence electrons. The van der Waals surface area contributed by atoms with Gasteiger partial charge in [0.1, 0.15) is 18.4 Å². The van der Waals surface area contributed by atoms with Gasteiger partial charge in [0, 0.05) is 18.8 Å². The van der Waals surface area contributed by atoms with Crippen LogP contribution >= 0.6 is 23.7 Å². The fourth-order valence-electron chi connectivity index (χ4n) is 2.86. The number of carbonyl (C=O) groups excluding carboxylic acids is 2. The summed E-state index contributed by atoms with van der Waals surface area (Å²) in [6.07, 6.45) is 1.52. The Morgan fingerprint density at radius 2 is 2.04 bits per heavy atom. The molecule has 1 atom stereocenters. The van der Waals surface area contributed by atoms with Gasteiger partial charge in [-0.3, -0.25) is 9.59 Å². The van der Waals surface area contributed by atoms with Crippen molar-refractivity contribution in [3.05, 3.63) is 46.7 Å². The summed E-state index contributed by atoms with van der Waals surface area (Å²) in [5.74, 6) is 0.482. The van der Waals surface area contributed by atoms with Crippen LogP contribution in [0.15, 0.2) is 41.8 Å². The predicted molar refractivity (Wildman–Crippen MR) is 105 cm³/mol. The van der Waals surface area contributed by atoms with Crippen LogP contribution in [0.1, 0.15) is 22.5 Å². The molecule has 1 aromatic heterocycles. The molecular weight excluding hydrogens is 374 g/mol. The highest BCUT2D eigenvalue weighted by Gasteiger charge is 2.34. The quantitative estimate of drug-likeness (QED) is 0.787. The smallest absolute Gasteiger partial charge is 0.264 e. The summed E-state index contributed by atoms with van der Waals surface area (Å²) in [4.78, 5) is 27.5. The van der Waals surface area contributed by atoms with Crippen LogP contribution in [0, 0.1) is 0 Å². The molecule has 1 aliphatic heterocycles. The third kappa shape index (κ3) is 4.75. The molecule has 1 aliphatic rings. The van der Waals surface area contributed by atoms with Crippen LogP contribution in [-0.2, 0) is 4.79 Å². The molecule has 2 amide bonds. The molecule has 0 aliphatic carbocycles. The summed E-state index contributed by atoms with van der Waals surface area (Å²) < 4.78 is 5.42. The first-order chi connectivity index (χ1) is 12.2. The van der Waals surface area contributed by atoms with Gasteiger partial charge in [0.15, 0.2) is 0 Å². The number of nitrogens with two attached hydrogens (primary N) is 1. The highest BCUT2D eigenvalue weighted by molar-refractivity contribution is 7.12. The van der Waals surface area contributed by atoms with Crippen molar-refractivity contribution in [1.82, 2.24) is 4.90 Å². The number of rotatable bonds is 6. The lowest BCUT2D eigenvalue weighted by molar-refractivity contribution is -0.119. The molecular formula is C18H22ClN3O3S. The number of hydrogen-bond acceptors (Lipinski definition) is 5. The molecule has 3 rings (SSSR count). The second-order valence-corrected chi connectivity index (χ2v) is 6.73. The first-order valence-corrected chi connectivity index (χ1v) is 9.15. The number of amides is 2. The summed E-state index contributed by atoms with van der Waals surface area (Å²) in [6.45, 7) is 1.52. The second kappa shape index (κ2) is 9.56. The number of likely N-dealkylation sites (tertiary alicyclic amines) is 1. The third-order valence-corrected chi connectivity index (χ3v) is 4.91. The minimum Gasteiger partial charge on any atom is -0.492 e. The molecule has 0 saturated carbocycles. The van der Waals surface area contributed by atoms with E-state index in [1.54, 1.807) is 35.2 Å². The largest absolute Gasteiger partial charge is 0.492 e. The van der Waals surface area contributed by atoms with Crippen molar-refractivity contribution in [2.75, 3.05) is 25.0 Å². The Bertz CT molecular complexity index is 722. The van der Waals surface area contributed by atoms with Crippen LogP contribution in [0.3, 0.4) is 0 Å². The zero-order valence-corrected chi connectivity index (χ0v) is 15.9. The van der Waals surface area contributed by atoms with Crippen LogP contribution in [0.5, 0.6) is 5.75 Å². The Kier molecular flexibility index (Phi) is 7.44. The third-order valence-electron chi connectivity index (χ3n) is 4.06. The lowest BCUT2D eigenvalue weighted by Gasteiger charge is -2.23. The van der Waals surface area contributed by atoms with Gasteiger partial charge in [-0.25, -0.2) is 0 Å². The van der Waals surface area contributed by atoms with Gasteiger partial charge in [-0.05, 0) is 48.6 Å². The van der Waals surface area contributed by atoms with E-state index in [1.807, 2.05) is 11.4 Å². The minimum atomic E-state index is -0.428. The molecule has 26 heavy (non-hydrogen) atoms. The molecule has 0 spiro atoms. The van der Waals surface area contributed by atoms with Crippen molar-refractivity contribution < 1.29 is 14.3 Å². The molecule has 1 unspecified atom stereocenters. The van der Waals surface area contributed by atoms with Gasteiger partial charge in [0.05, 0.1) is 4.88 Å². The second-order valence-electron chi connectivity index (χ2n) is 5.78. The van der Waals surface area contributed by atoms with Crippen molar-refractivity contribution in [2.24, 2.45) is 5.73 Å². The van der Waals surface area contributed by atoms with Gasteiger partial charge >= 0.3 is 0 Å². The van der Waals surface area contributed by atoms with Gasteiger partial charge in [-0.1, -0.05) is 6.07 Å². The molecule has 8 heteroatoms. The Hall–Kier alpha value is -2.09. The number of hydrogen-bond donors (Lipinski definition) is 2. The number of nitrogens with zero attached hydrogens (tertiary/aromatic N) is 1. The van der Waals surface area contributed by atoms with Crippen molar-refractivity contribution in [3.8, 4) is 5.75 Å². The summed E-state index contributed by atoms with van der Waals surface area (Å²) in [6, 6.07) is 10.3. The van der Waals surface area contributed by atoms with Crippen LogP contribution in [-0.4, -0.2) is 42.5 Å². The van der Waals surface area contributed by atoms with Gasteiger partial charge in [0.25, 0.3) is 5.91 Å². The van der Waals surface area contributed by atoms with Crippen LogP contribution < -0.4 is 15.8 Å². The maximum absolute atomic E-state index is 12.6. The van der Waals surface area contributed by atoms with Gasteiger partial charge in [0.2, 0.25) is 5.91 Å². The fourth-order valence-corrected chi connectivity index (χ4v) is 3.54. The van der Waals surface area contributed by atoms with Crippen molar-refractivity contribution in [2.45, 2.75) is 18.9 Å². The number of halogens is 1. The maximum Gasteiger partial charge on any atom is 0.264 e. The van der Waals surface area contributed by atoms with Gasteiger partial charge < -0.3 is 20.7 Å². The number of benzene rings is 1. The van der Waals surface area contributed by atoms with Gasteiger partial charge in [-0.15, -0.1) is 23.7 Å². The van der Waals surface area contributed by atoms with Crippen molar-refractivity contribution in [3.63, 3.8) is 0 Å². The van der Waals surface area contributed by atoms with E-state index in [9.17, 15) is 9.59 Å². The summed E-state index contributed by atoms with van der Waals surface area (Å²) >= 11 is 1.40. The lowest BCUT2D eigenvalue weighted by Crippen LogP contribution is -2.42.